The fraction of sp³-hybridized carbons (Fsp3) is 0.625. The van der Waals surface area contributed by atoms with Crippen LogP contribution in [-0.4, -0.2) is 40.3 Å². The Morgan fingerprint density at radius 2 is 2.15 bits per heavy atom. The minimum atomic E-state index is -1.11. The van der Waals surface area contributed by atoms with Crippen LogP contribution in [0.25, 0.3) is 0 Å². The molecule has 1 heterocycles. The molecule has 1 rings (SSSR count). The number of likely N-dealkylation sites (tertiary alicyclic amines) is 1. The van der Waals surface area contributed by atoms with Crippen LogP contribution in [0.15, 0.2) is 0 Å². The SMILES string of the molecule is CC(=O)N1CCC(=O)C[C@@H]1C(=O)O. The zero-order valence-corrected chi connectivity index (χ0v) is 7.32. The minimum absolute atomic E-state index is 0.0606. The highest BCUT2D eigenvalue weighted by Crippen LogP contribution is 2.14. The average molecular weight is 185 g/mol. The van der Waals surface area contributed by atoms with Crippen molar-refractivity contribution < 1.29 is 19.5 Å². The summed E-state index contributed by atoms with van der Waals surface area (Å²) < 4.78 is 0. The highest BCUT2D eigenvalue weighted by molar-refractivity contribution is 5.91. The summed E-state index contributed by atoms with van der Waals surface area (Å²) in [6, 6.07) is -0.959. The van der Waals surface area contributed by atoms with Gasteiger partial charge in [-0.3, -0.25) is 9.59 Å². The Labute approximate surface area is 75.3 Å². The van der Waals surface area contributed by atoms with Crippen molar-refractivity contribution in [3.8, 4) is 0 Å². The predicted molar refractivity (Wildman–Crippen MR) is 43.1 cm³/mol. The van der Waals surface area contributed by atoms with E-state index in [9.17, 15) is 14.4 Å². The number of carbonyl (C=O) groups is 3. The first-order valence-electron chi connectivity index (χ1n) is 4.04. The van der Waals surface area contributed by atoms with Crippen LogP contribution >= 0.6 is 0 Å². The number of ketones is 1. The second-order valence-corrected chi connectivity index (χ2v) is 3.06. The molecule has 0 spiro atoms. The molecule has 0 aliphatic carbocycles. The molecule has 72 valence electrons. The lowest BCUT2D eigenvalue weighted by atomic mass is 10.0. The number of amides is 1. The molecule has 0 unspecified atom stereocenters. The molecule has 0 bridgehead atoms. The van der Waals surface area contributed by atoms with Crippen LogP contribution in [-0.2, 0) is 14.4 Å². The van der Waals surface area contributed by atoms with Gasteiger partial charge >= 0.3 is 5.97 Å². The first kappa shape index (κ1) is 9.70. The van der Waals surface area contributed by atoms with Gasteiger partial charge in [0.05, 0.1) is 0 Å². The van der Waals surface area contributed by atoms with Crippen LogP contribution in [0, 0.1) is 0 Å². The molecule has 1 fully saturated rings. The molecule has 0 saturated carbocycles. The molecule has 1 amide bonds. The van der Waals surface area contributed by atoms with Gasteiger partial charge in [0, 0.05) is 26.3 Å². The van der Waals surface area contributed by atoms with Crippen molar-refractivity contribution in [2.24, 2.45) is 0 Å². The number of carboxylic acid groups (broad SMARTS) is 1. The third-order valence-corrected chi connectivity index (χ3v) is 2.12. The van der Waals surface area contributed by atoms with Gasteiger partial charge in [0.2, 0.25) is 5.91 Å². The van der Waals surface area contributed by atoms with Crippen molar-refractivity contribution in [3.05, 3.63) is 0 Å². The van der Waals surface area contributed by atoms with Gasteiger partial charge in [-0.1, -0.05) is 0 Å². The minimum Gasteiger partial charge on any atom is -0.480 e. The number of nitrogens with zero attached hydrogens (tertiary/aromatic N) is 1. The average Bonchev–Trinajstić information content (AvgIpc) is 2.03. The molecule has 1 atom stereocenters. The molecule has 0 aromatic rings. The van der Waals surface area contributed by atoms with Crippen molar-refractivity contribution in [1.29, 1.82) is 0 Å². The van der Waals surface area contributed by atoms with Crippen LogP contribution in [0.1, 0.15) is 19.8 Å². The maximum Gasteiger partial charge on any atom is 0.326 e. The summed E-state index contributed by atoms with van der Waals surface area (Å²) >= 11 is 0. The molecule has 0 aromatic carbocycles. The monoisotopic (exact) mass is 185 g/mol. The van der Waals surface area contributed by atoms with Gasteiger partial charge in [0.25, 0.3) is 0 Å². The van der Waals surface area contributed by atoms with Crippen molar-refractivity contribution >= 4 is 17.7 Å². The number of rotatable bonds is 1. The second kappa shape index (κ2) is 3.55. The Bertz CT molecular complexity index is 261. The first-order valence-corrected chi connectivity index (χ1v) is 4.04. The van der Waals surface area contributed by atoms with Crippen LogP contribution in [0.2, 0.25) is 0 Å². The van der Waals surface area contributed by atoms with Gasteiger partial charge in [0.1, 0.15) is 11.8 Å². The Morgan fingerprint density at radius 1 is 1.54 bits per heavy atom. The Kier molecular flexibility index (Phi) is 2.65. The van der Waals surface area contributed by atoms with Gasteiger partial charge < -0.3 is 10.0 Å². The summed E-state index contributed by atoms with van der Waals surface area (Å²) in [6.45, 7) is 1.54. The normalized spacial score (nSPS) is 23.0. The molecule has 5 heteroatoms. The molecular formula is C8H11NO4. The van der Waals surface area contributed by atoms with E-state index in [1.165, 1.54) is 11.8 Å². The number of hydrogen-bond acceptors (Lipinski definition) is 3. The summed E-state index contributed by atoms with van der Waals surface area (Å²) in [5.74, 6) is -1.49. The molecule has 5 nitrogen and oxygen atoms in total. The van der Waals surface area contributed by atoms with E-state index in [0.29, 0.717) is 0 Å². The Morgan fingerprint density at radius 3 is 2.62 bits per heavy atom. The summed E-state index contributed by atoms with van der Waals surface area (Å²) in [7, 11) is 0. The van der Waals surface area contributed by atoms with Crippen molar-refractivity contribution in [2.75, 3.05) is 6.54 Å². The summed E-state index contributed by atoms with van der Waals surface area (Å²) in [5, 5.41) is 8.73. The first-order chi connectivity index (χ1) is 6.02. The largest absolute Gasteiger partial charge is 0.480 e. The van der Waals surface area contributed by atoms with E-state index in [-0.39, 0.29) is 31.1 Å². The summed E-state index contributed by atoms with van der Waals surface area (Å²) in [5.41, 5.74) is 0. The number of Topliss-reactive ketones (excluding diaryl/α,β-unsaturated/α-hetero) is 1. The predicted octanol–water partition coefficient (Wildman–Crippen LogP) is -0.349. The summed E-state index contributed by atoms with van der Waals surface area (Å²) in [6.07, 6.45) is 0.207. The standard InChI is InChI=1S/C8H11NO4/c1-5(10)9-3-2-6(11)4-7(9)8(12)13/h7H,2-4H2,1H3,(H,12,13)/t7-/m1/s1. The molecule has 1 N–H and O–H groups in total. The highest BCUT2D eigenvalue weighted by atomic mass is 16.4. The Balaban J connectivity index is 2.77. The second-order valence-electron chi connectivity index (χ2n) is 3.06. The molecule has 13 heavy (non-hydrogen) atoms. The van der Waals surface area contributed by atoms with Crippen molar-refractivity contribution in [3.63, 3.8) is 0 Å². The van der Waals surface area contributed by atoms with Gasteiger partial charge in [-0.15, -0.1) is 0 Å². The zero-order chi connectivity index (χ0) is 10.0. The molecule has 1 aliphatic rings. The smallest absolute Gasteiger partial charge is 0.326 e. The fourth-order valence-corrected chi connectivity index (χ4v) is 1.43. The lowest BCUT2D eigenvalue weighted by Crippen LogP contribution is -2.49. The number of hydrogen-bond donors (Lipinski definition) is 1. The molecular weight excluding hydrogens is 174 g/mol. The van der Waals surface area contributed by atoms with Crippen LogP contribution in [0.4, 0.5) is 0 Å². The molecule has 0 radical (unpaired) electrons. The van der Waals surface area contributed by atoms with Gasteiger partial charge in [-0.2, -0.15) is 0 Å². The zero-order valence-electron chi connectivity index (χ0n) is 7.32. The molecule has 0 aromatic heterocycles. The molecule has 1 saturated heterocycles. The van der Waals surface area contributed by atoms with Gasteiger partial charge in [-0.25, -0.2) is 4.79 Å². The highest BCUT2D eigenvalue weighted by Gasteiger charge is 2.33. The fourth-order valence-electron chi connectivity index (χ4n) is 1.43. The third kappa shape index (κ3) is 2.05. The lowest BCUT2D eigenvalue weighted by Gasteiger charge is -2.31. The molecule has 1 aliphatic heterocycles. The van der Waals surface area contributed by atoms with Crippen LogP contribution < -0.4 is 0 Å². The number of carbonyl (C=O) groups excluding carboxylic acids is 2. The maximum absolute atomic E-state index is 11.0. The van der Waals surface area contributed by atoms with Crippen molar-refractivity contribution in [1.82, 2.24) is 4.90 Å². The van der Waals surface area contributed by atoms with Crippen LogP contribution in [0.5, 0.6) is 0 Å². The van der Waals surface area contributed by atoms with E-state index in [4.69, 9.17) is 5.11 Å². The van der Waals surface area contributed by atoms with E-state index in [1.54, 1.807) is 0 Å². The number of piperidine rings is 1. The van der Waals surface area contributed by atoms with E-state index < -0.39 is 12.0 Å². The summed E-state index contributed by atoms with van der Waals surface area (Å²) in [4.78, 5) is 33.8. The van der Waals surface area contributed by atoms with E-state index >= 15 is 0 Å². The topological polar surface area (TPSA) is 74.7 Å². The lowest BCUT2D eigenvalue weighted by molar-refractivity contribution is -0.153. The quantitative estimate of drug-likeness (QED) is 0.606. The van der Waals surface area contributed by atoms with E-state index in [2.05, 4.69) is 0 Å². The van der Waals surface area contributed by atoms with E-state index in [1.807, 2.05) is 0 Å². The number of aliphatic carboxylic acids is 1. The third-order valence-electron chi connectivity index (χ3n) is 2.12. The number of carboxylic acids is 1. The van der Waals surface area contributed by atoms with E-state index in [0.717, 1.165) is 0 Å². The van der Waals surface area contributed by atoms with Gasteiger partial charge in [-0.05, 0) is 0 Å². The van der Waals surface area contributed by atoms with Crippen LogP contribution in [0.3, 0.4) is 0 Å². The van der Waals surface area contributed by atoms with Crippen molar-refractivity contribution in [2.45, 2.75) is 25.8 Å². The maximum atomic E-state index is 11.0. The Hall–Kier alpha value is -1.39. The van der Waals surface area contributed by atoms with Gasteiger partial charge in [0.15, 0.2) is 0 Å².